The molecule has 0 aromatic heterocycles. The summed E-state index contributed by atoms with van der Waals surface area (Å²) in [5.74, 6) is -0.123. The highest BCUT2D eigenvalue weighted by atomic mass is 35.5. The van der Waals surface area contributed by atoms with Gasteiger partial charge >= 0.3 is 0 Å². The summed E-state index contributed by atoms with van der Waals surface area (Å²) in [5.41, 5.74) is 0.469. The van der Waals surface area contributed by atoms with Gasteiger partial charge in [0.05, 0.1) is 10.6 Å². The maximum Gasteiger partial charge on any atom is 0.254 e. The van der Waals surface area contributed by atoms with Gasteiger partial charge in [0.1, 0.15) is 0 Å². The molecular formula is C9H9Cl2NO. The van der Waals surface area contributed by atoms with E-state index < -0.39 is 0 Å². The minimum atomic E-state index is -0.123. The number of carbonyl (C=O) groups is 1. The van der Waals surface area contributed by atoms with Gasteiger partial charge in [0.2, 0.25) is 0 Å². The lowest BCUT2D eigenvalue weighted by Crippen LogP contribution is -2.21. The first kappa shape index (κ1) is 10.4. The molecule has 0 spiro atoms. The zero-order valence-corrected chi connectivity index (χ0v) is 8.86. The van der Waals surface area contributed by atoms with E-state index >= 15 is 0 Å². The maximum absolute atomic E-state index is 11.5. The van der Waals surface area contributed by atoms with E-state index in [1.165, 1.54) is 4.90 Å². The zero-order chi connectivity index (χ0) is 10.0. The number of hydrogen-bond donors (Lipinski definition) is 0. The summed E-state index contributed by atoms with van der Waals surface area (Å²) in [6.45, 7) is 0. The fourth-order valence-corrected chi connectivity index (χ4v) is 1.39. The molecule has 2 nitrogen and oxygen atoms in total. The quantitative estimate of drug-likeness (QED) is 0.709. The van der Waals surface area contributed by atoms with Crippen LogP contribution in [0.15, 0.2) is 18.2 Å². The van der Waals surface area contributed by atoms with E-state index in [1.54, 1.807) is 32.3 Å². The lowest BCUT2D eigenvalue weighted by atomic mass is 10.2. The van der Waals surface area contributed by atoms with E-state index in [4.69, 9.17) is 23.2 Å². The molecule has 1 amide bonds. The molecule has 0 saturated heterocycles. The van der Waals surface area contributed by atoms with Crippen LogP contribution in [0.4, 0.5) is 0 Å². The van der Waals surface area contributed by atoms with Gasteiger partial charge in [0, 0.05) is 19.1 Å². The van der Waals surface area contributed by atoms with E-state index in [0.717, 1.165) is 0 Å². The molecule has 0 N–H and O–H groups in total. The highest BCUT2D eigenvalue weighted by Crippen LogP contribution is 2.21. The minimum Gasteiger partial charge on any atom is -0.345 e. The molecule has 0 aliphatic heterocycles. The third-order valence-electron chi connectivity index (χ3n) is 1.57. The summed E-state index contributed by atoms with van der Waals surface area (Å²) >= 11 is 11.5. The number of amides is 1. The normalized spacial score (nSPS) is 9.85. The average molecular weight is 218 g/mol. The van der Waals surface area contributed by atoms with Crippen LogP contribution in [0.2, 0.25) is 10.0 Å². The average Bonchev–Trinajstić information content (AvgIpc) is 2.03. The van der Waals surface area contributed by atoms with E-state index in [-0.39, 0.29) is 5.91 Å². The van der Waals surface area contributed by atoms with E-state index in [9.17, 15) is 4.79 Å². The first-order valence-electron chi connectivity index (χ1n) is 3.69. The summed E-state index contributed by atoms with van der Waals surface area (Å²) in [5, 5.41) is 0.909. The van der Waals surface area contributed by atoms with Crippen LogP contribution in [0.25, 0.3) is 0 Å². The van der Waals surface area contributed by atoms with Crippen molar-refractivity contribution in [3.8, 4) is 0 Å². The second-order valence-corrected chi connectivity index (χ2v) is 3.67. The molecule has 0 radical (unpaired) electrons. The number of carbonyl (C=O) groups excluding carboxylic acids is 1. The van der Waals surface area contributed by atoms with Gasteiger partial charge in [-0.25, -0.2) is 0 Å². The summed E-state index contributed by atoms with van der Waals surface area (Å²) in [6, 6.07) is 4.82. The molecule has 1 aromatic rings. The largest absolute Gasteiger partial charge is 0.345 e. The molecule has 1 aromatic carbocycles. The van der Waals surface area contributed by atoms with Crippen LogP contribution in [0, 0.1) is 0 Å². The Morgan fingerprint density at radius 2 is 1.92 bits per heavy atom. The predicted molar refractivity (Wildman–Crippen MR) is 54.5 cm³/mol. The van der Waals surface area contributed by atoms with Crippen molar-refractivity contribution in [3.05, 3.63) is 33.8 Å². The van der Waals surface area contributed by atoms with Crippen LogP contribution in [-0.4, -0.2) is 24.9 Å². The molecular weight excluding hydrogens is 209 g/mol. The van der Waals surface area contributed by atoms with E-state index in [1.807, 2.05) is 0 Å². The Bertz CT molecular complexity index is 336. The summed E-state index contributed by atoms with van der Waals surface area (Å²) in [4.78, 5) is 12.9. The fraction of sp³-hybridized carbons (Fsp3) is 0.222. The molecule has 0 atom stereocenters. The molecule has 0 aliphatic carbocycles. The highest BCUT2D eigenvalue weighted by molar-refractivity contribution is 6.36. The Morgan fingerprint density at radius 1 is 1.31 bits per heavy atom. The van der Waals surface area contributed by atoms with Crippen LogP contribution in [-0.2, 0) is 0 Å². The Labute approximate surface area is 87.1 Å². The molecule has 0 fully saturated rings. The smallest absolute Gasteiger partial charge is 0.254 e. The number of halogens is 2. The van der Waals surface area contributed by atoms with Gasteiger partial charge in [0.25, 0.3) is 5.91 Å². The van der Waals surface area contributed by atoms with Crippen molar-refractivity contribution >= 4 is 29.1 Å². The fourth-order valence-electron chi connectivity index (χ4n) is 0.904. The minimum absolute atomic E-state index is 0.123. The van der Waals surface area contributed by atoms with Crippen molar-refractivity contribution in [2.45, 2.75) is 0 Å². The van der Waals surface area contributed by atoms with Crippen molar-refractivity contribution in [1.29, 1.82) is 0 Å². The van der Waals surface area contributed by atoms with Crippen LogP contribution < -0.4 is 0 Å². The van der Waals surface area contributed by atoms with Gasteiger partial charge in [-0.3, -0.25) is 4.79 Å². The summed E-state index contributed by atoms with van der Waals surface area (Å²) in [7, 11) is 3.35. The second-order valence-electron chi connectivity index (χ2n) is 2.82. The van der Waals surface area contributed by atoms with Crippen LogP contribution in [0.3, 0.4) is 0 Å². The maximum atomic E-state index is 11.5. The van der Waals surface area contributed by atoms with Gasteiger partial charge in [-0.1, -0.05) is 23.2 Å². The number of rotatable bonds is 1. The molecule has 70 valence electrons. The third kappa shape index (κ3) is 2.36. The lowest BCUT2D eigenvalue weighted by molar-refractivity contribution is 0.0828. The molecule has 13 heavy (non-hydrogen) atoms. The second kappa shape index (κ2) is 3.99. The Morgan fingerprint density at radius 3 is 2.38 bits per heavy atom. The number of hydrogen-bond acceptors (Lipinski definition) is 1. The molecule has 0 unspecified atom stereocenters. The highest BCUT2D eigenvalue weighted by Gasteiger charge is 2.11. The monoisotopic (exact) mass is 217 g/mol. The molecule has 4 heteroatoms. The van der Waals surface area contributed by atoms with Gasteiger partial charge in [-0.15, -0.1) is 0 Å². The topological polar surface area (TPSA) is 20.3 Å². The molecule has 1 rings (SSSR count). The SMILES string of the molecule is CN(C)C(=O)c1ccc(Cl)cc1Cl. The molecule has 0 saturated carbocycles. The Hall–Kier alpha value is -0.730. The van der Waals surface area contributed by atoms with Crippen molar-refractivity contribution in [2.75, 3.05) is 14.1 Å². The van der Waals surface area contributed by atoms with Crippen molar-refractivity contribution in [1.82, 2.24) is 4.90 Å². The predicted octanol–water partition coefficient (Wildman–Crippen LogP) is 2.70. The van der Waals surface area contributed by atoms with Gasteiger partial charge in [-0.05, 0) is 18.2 Å². The third-order valence-corrected chi connectivity index (χ3v) is 2.12. The summed E-state index contributed by atoms with van der Waals surface area (Å²) in [6.07, 6.45) is 0. The van der Waals surface area contributed by atoms with Crippen LogP contribution in [0.1, 0.15) is 10.4 Å². The molecule has 0 heterocycles. The number of nitrogens with zero attached hydrogens (tertiary/aromatic N) is 1. The van der Waals surface area contributed by atoms with Crippen LogP contribution in [0.5, 0.6) is 0 Å². The van der Waals surface area contributed by atoms with Crippen molar-refractivity contribution in [3.63, 3.8) is 0 Å². The first-order valence-corrected chi connectivity index (χ1v) is 4.44. The molecule has 0 bridgehead atoms. The lowest BCUT2D eigenvalue weighted by Gasteiger charge is -2.11. The van der Waals surface area contributed by atoms with Crippen molar-refractivity contribution < 1.29 is 4.79 Å². The van der Waals surface area contributed by atoms with E-state index in [2.05, 4.69) is 0 Å². The Kier molecular flexibility index (Phi) is 3.17. The first-order chi connectivity index (χ1) is 6.02. The van der Waals surface area contributed by atoms with Gasteiger partial charge in [-0.2, -0.15) is 0 Å². The van der Waals surface area contributed by atoms with E-state index in [0.29, 0.717) is 15.6 Å². The Balaban J connectivity index is 3.09. The summed E-state index contributed by atoms with van der Waals surface area (Å²) < 4.78 is 0. The van der Waals surface area contributed by atoms with Gasteiger partial charge < -0.3 is 4.90 Å². The standard InChI is InChI=1S/C9H9Cl2NO/c1-12(2)9(13)7-4-3-6(10)5-8(7)11/h3-5H,1-2H3. The van der Waals surface area contributed by atoms with Crippen LogP contribution >= 0.6 is 23.2 Å². The number of benzene rings is 1. The molecule has 0 aliphatic rings. The van der Waals surface area contributed by atoms with Crippen molar-refractivity contribution in [2.24, 2.45) is 0 Å². The van der Waals surface area contributed by atoms with Gasteiger partial charge in [0.15, 0.2) is 0 Å². The zero-order valence-electron chi connectivity index (χ0n) is 7.34.